The fraction of sp³-hybridized carbons (Fsp3) is 0.400. The van der Waals surface area contributed by atoms with Gasteiger partial charge in [-0.25, -0.2) is 0 Å². The van der Waals surface area contributed by atoms with Crippen LogP contribution in [0.2, 0.25) is 0 Å². The van der Waals surface area contributed by atoms with Gasteiger partial charge in [0.15, 0.2) is 0 Å². The molecule has 0 nitrogen and oxygen atoms in total. The molecule has 0 aliphatic heterocycles. The predicted molar refractivity (Wildman–Crippen MR) is 60.7 cm³/mol. The lowest BCUT2D eigenvalue weighted by Crippen LogP contribution is -1.84. The van der Waals surface area contributed by atoms with E-state index in [4.69, 9.17) is 11.6 Å². The van der Waals surface area contributed by atoms with Gasteiger partial charge < -0.3 is 0 Å². The highest BCUT2D eigenvalue weighted by Crippen LogP contribution is 2.47. The van der Waals surface area contributed by atoms with Crippen LogP contribution >= 0.6 is 34.2 Å². The molecule has 2 atom stereocenters. The van der Waals surface area contributed by atoms with Gasteiger partial charge in [0.1, 0.15) is 0 Å². The van der Waals surface area contributed by atoms with Crippen LogP contribution in [0, 0.1) is 9.49 Å². The maximum absolute atomic E-state index is 5.77. The quantitative estimate of drug-likeness (QED) is 0.577. The van der Waals surface area contributed by atoms with Gasteiger partial charge in [-0.05, 0) is 58.5 Å². The fourth-order valence-electron chi connectivity index (χ4n) is 1.54. The zero-order valence-electron chi connectivity index (χ0n) is 6.63. The summed E-state index contributed by atoms with van der Waals surface area (Å²) >= 11 is 8.10. The monoisotopic (exact) mass is 292 g/mol. The Kier molecular flexibility index (Phi) is 2.60. The summed E-state index contributed by atoms with van der Waals surface area (Å²) in [6.45, 7) is 0. The summed E-state index contributed by atoms with van der Waals surface area (Å²) in [5.41, 5.74) is 1.46. The Morgan fingerprint density at radius 1 is 1.33 bits per heavy atom. The van der Waals surface area contributed by atoms with Gasteiger partial charge in [0.25, 0.3) is 0 Å². The van der Waals surface area contributed by atoms with Crippen molar-refractivity contribution in [3.63, 3.8) is 0 Å². The van der Waals surface area contributed by atoms with E-state index in [-0.39, 0.29) is 0 Å². The Balaban J connectivity index is 2.10. The maximum Gasteiger partial charge on any atom is 0.0257 e. The van der Waals surface area contributed by atoms with Crippen LogP contribution in [-0.4, -0.2) is 5.88 Å². The largest absolute Gasteiger partial charge is 0.126 e. The summed E-state index contributed by atoms with van der Waals surface area (Å²) in [6, 6.07) is 8.77. The third-order valence-electron chi connectivity index (χ3n) is 2.42. The third-order valence-corrected chi connectivity index (χ3v) is 3.53. The van der Waals surface area contributed by atoms with E-state index >= 15 is 0 Å². The van der Waals surface area contributed by atoms with Crippen molar-refractivity contribution in [2.75, 3.05) is 5.88 Å². The second-order valence-electron chi connectivity index (χ2n) is 3.31. The summed E-state index contributed by atoms with van der Waals surface area (Å²) in [7, 11) is 0. The zero-order valence-corrected chi connectivity index (χ0v) is 9.55. The van der Waals surface area contributed by atoms with E-state index in [9.17, 15) is 0 Å². The maximum atomic E-state index is 5.77. The Morgan fingerprint density at radius 2 is 2.00 bits per heavy atom. The minimum Gasteiger partial charge on any atom is -0.126 e. The van der Waals surface area contributed by atoms with Crippen LogP contribution in [0.5, 0.6) is 0 Å². The number of hydrogen-bond acceptors (Lipinski definition) is 0. The highest BCUT2D eigenvalue weighted by atomic mass is 127. The molecule has 12 heavy (non-hydrogen) atoms. The van der Waals surface area contributed by atoms with Gasteiger partial charge >= 0.3 is 0 Å². The van der Waals surface area contributed by atoms with Crippen LogP contribution in [0.1, 0.15) is 17.9 Å². The number of rotatable bonds is 2. The van der Waals surface area contributed by atoms with Crippen molar-refractivity contribution < 1.29 is 0 Å². The summed E-state index contributed by atoms with van der Waals surface area (Å²) in [5.74, 6) is 2.31. The molecule has 0 bridgehead atoms. The van der Waals surface area contributed by atoms with E-state index in [1.807, 2.05) is 0 Å². The van der Waals surface area contributed by atoms with Crippen LogP contribution in [0.3, 0.4) is 0 Å². The molecule has 0 heterocycles. The van der Waals surface area contributed by atoms with Gasteiger partial charge in [-0.3, -0.25) is 0 Å². The molecule has 0 aromatic heterocycles. The van der Waals surface area contributed by atoms with E-state index in [1.54, 1.807) is 0 Å². The molecule has 2 heteroatoms. The smallest absolute Gasteiger partial charge is 0.0257 e. The summed E-state index contributed by atoms with van der Waals surface area (Å²) in [5, 5.41) is 0. The van der Waals surface area contributed by atoms with Gasteiger partial charge in [0, 0.05) is 9.45 Å². The molecular formula is C10H10ClI. The molecule has 1 fully saturated rings. The summed E-state index contributed by atoms with van der Waals surface area (Å²) < 4.78 is 1.31. The molecule has 0 spiro atoms. The topological polar surface area (TPSA) is 0 Å². The van der Waals surface area contributed by atoms with Crippen molar-refractivity contribution >= 4 is 34.2 Å². The number of benzene rings is 1. The average molecular weight is 293 g/mol. The molecule has 0 radical (unpaired) electrons. The van der Waals surface area contributed by atoms with Crippen molar-refractivity contribution in [1.29, 1.82) is 0 Å². The fourth-order valence-corrected chi connectivity index (χ4v) is 2.24. The van der Waals surface area contributed by atoms with E-state index in [2.05, 4.69) is 46.9 Å². The normalized spacial score (nSPS) is 27.2. The Hall–Kier alpha value is 0.240. The van der Waals surface area contributed by atoms with Crippen LogP contribution in [-0.2, 0) is 0 Å². The lowest BCUT2D eigenvalue weighted by atomic mass is 10.1. The first-order valence-electron chi connectivity index (χ1n) is 4.12. The molecule has 2 unspecified atom stereocenters. The highest BCUT2D eigenvalue weighted by Gasteiger charge is 2.36. The van der Waals surface area contributed by atoms with Gasteiger partial charge in [0.05, 0.1) is 0 Å². The molecule has 0 N–H and O–H groups in total. The standard InChI is InChI=1S/C10H10ClI/c11-6-8-5-10(8)7-1-3-9(12)4-2-7/h1-4,8,10H,5-6H2. The van der Waals surface area contributed by atoms with E-state index in [1.165, 1.54) is 15.6 Å². The first-order valence-corrected chi connectivity index (χ1v) is 5.74. The second-order valence-corrected chi connectivity index (χ2v) is 4.86. The summed E-state index contributed by atoms with van der Waals surface area (Å²) in [6.07, 6.45) is 1.28. The average Bonchev–Trinajstić information content (AvgIpc) is 2.85. The number of hydrogen-bond donors (Lipinski definition) is 0. The minimum atomic E-state index is 0.742. The molecule has 1 saturated carbocycles. The molecule has 0 saturated heterocycles. The molecule has 2 rings (SSSR count). The van der Waals surface area contributed by atoms with Crippen molar-refractivity contribution in [2.24, 2.45) is 5.92 Å². The second kappa shape index (κ2) is 3.54. The molecular weight excluding hydrogens is 282 g/mol. The Morgan fingerprint density at radius 3 is 2.50 bits per heavy atom. The number of halogens is 2. The van der Waals surface area contributed by atoms with E-state index < -0.39 is 0 Å². The lowest BCUT2D eigenvalue weighted by Gasteiger charge is -1.98. The van der Waals surface area contributed by atoms with Gasteiger partial charge in [-0.2, -0.15) is 0 Å². The van der Waals surface area contributed by atoms with E-state index in [0.717, 1.165) is 17.7 Å². The first kappa shape index (κ1) is 8.82. The SMILES string of the molecule is ClCC1CC1c1ccc(I)cc1. The van der Waals surface area contributed by atoms with Crippen LogP contribution in [0.15, 0.2) is 24.3 Å². The van der Waals surface area contributed by atoms with E-state index in [0.29, 0.717) is 0 Å². The van der Waals surface area contributed by atoms with Crippen molar-refractivity contribution in [2.45, 2.75) is 12.3 Å². The predicted octanol–water partition coefficient (Wildman–Crippen LogP) is 3.63. The molecule has 1 aliphatic carbocycles. The summed E-state index contributed by atoms with van der Waals surface area (Å²) in [4.78, 5) is 0. The Bertz CT molecular complexity index is 268. The molecule has 1 aliphatic rings. The third kappa shape index (κ3) is 1.77. The molecule has 0 amide bonds. The van der Waals surface area contributed by atoms with Crippen molar-refractivity contribution in [1.82, 2.24) is 0 Å². The van der Waals surface area contributed by atoms with Gasteiger partial charge in [0.2, 0.25) is 0 Å². The Labute approximate surface area is 91.5 Å². The molecule has 64 valence electrons. The van der Waals surface area contributed by atoms with Crippen molar-refractivity contribution in [3.8, 4) is 0 Å². The highest BCUT2D eigenvalue weighted by molar-refractivity contribution is 14.1. The minimum absolute atomic E-state index is 0.742. The van der Waals surface area contributed by atoms with Crippen molar-refractivity contribution in [3.05, 3.63) is 33.4 Å². The number of alkyl halides is 1. The van der Waals surface area contributed by atoms with Crippen LogP contribution in [0.25, 0.3) is 0 Å². The zero-order chi connectivity index (χ0) is 8.55. The van der Waals surface area contributed by atoms with Gasteiger partial charge in [-0.15, -0.1) is 11.6 Å². The molecule has 1 aromatic carbocycles. The van der Waals surface area contributed by atoms with Crippen LogP contribution in [0.4, 0.5) is 0 Å². The molecule has 1 aromatic rings. The van der Waals surface area contributed by atoms with Gasteiger partial charge in [-0.1, -0.05) is 12.1 Å². The van der Waals surface area contributed by atoms with Crippen LogP contribution < -0.4 is 0 Å². The first-order chi connectivity index (χ1) is 5.81. The lowest BCUT2D eigenvalue weighted by molar-refractivity contribution is 0.923.